The molecule has 0 aliphatic heterocycles. The Balaban J connectivity index is 1.33. The zero-order valence-corrected chi connectivity index (χ0v) is 15.1. The number of benzene rings is 2. The Labute approximate surface area is 160 Å². The Morgan fingerprint density at radius 1 is 0.964 bits per heavy atom. The van der Waals surface area contributed by atoms with Gasteiger partial charge >= 0.3 is 5.97 Å². The summed E-state index contributed by atoms with van der Waals surface area (Å²) in [5, 5.41) is 0. The van der Waals surface area contributed by atoms with E-state index < -0.39 is 0 Å². The van der Waals surface area contributed by atoms with E-state index in [1.807, 2.05) is 0 Å². The summed E-state index contributed by atoms with van der Waals surface area (Å²) >= 11 is 0. The Morgan fingerprint density at radius 3 is 2.36 bits per heavy atom. The Kier molecular flexibility index (Phi) is 6.73. The first-order chi connectivity index (χ1) is 13.6. The number of carbonyl (C=O) groups is 1. The van der Waals surface area contributed by atoms with E-state index in [0.717, 1.165) is 0 Å². The van der Waals surface area contributed by atoms with Crippen LogP contribution in [0.3, 0.4) is 0 Å². The third kappa shape index (κ3) is 5.90. The molecule has 0 N–H and O–H groups in total. The maximum Gasteiger partial charge on any atom is 0.306 e. The van der Waals surface area contributed by atoms with Crippen molar-refractivity contribution < 1.29 is 27.5 Å². The van der Waals surface area contributed by atoms with Crippen molar-refractivity contribution >= 4 is 5.97 Å². The number of hydrogen-bond acceptors (Lipinski definition) is 5. The number of oxazole rings is 1. The molecule has 28 heavy (non-hydrogen) atoms. The number of nitrogens with zero attached hydrogens (tertiary/aromatic N) is 1. The van der Waals surface area contributed by atoms with Crippen LogP contribution in [-0.4, -0.2) is 24.2 Å². The van der Waals surface area contributed by atoms with Gasteiger partial charge in [-0.2, -0.15) is 0 Å². The van der Waals surface area contributed by atoms with Gasteiger partial charge in [-0.3, -0.25) is 4.79 Å². The van der Waals surface area contributed by atoms with Gasteiger partial charge in [0.2, 0.25) is 0 Å². The summed E-state index contributed by atoms with van der Waals surface area (Å²) in [6, 6.07) is 11.6. The molecule has 1 heterocycles. The first-order valence-electron chi connectivity index (χ1n) is 8.85. The molecule has 0 unspecified atom stereocenters. The van der Waals surface area contributed by atoms with Gasteiger partial charge < -0.3 is 13.9 Å². The van der Waals surface area contributed by atoms with Crippen LogP contribution in [0.4, 0.5) is 8.78 Å². The van der Waals surface area contributed by atoms with E-state index in [4.69, 9.17) is 13.9 Å². The fourth-order valence-corrected chi connectivity index (χ4v) is 2.42. The lowest BCUT2D eigenvalue weighted by Gasteiger charge is -2.07. The van der Waals surface area contributed by atoms with E-state index in [2.05, 4.69) is 4.98 Å². The number of hydrogen-bond donors (Lipinski definition) is 0. The number of carbonyl (C=O) groups excluding carboxylic acids is 1. The van der Waals surface area contributed by atoms with Crippen molar-refractivity contribution in [3.05, 3.63) is 72.3 Å². The summed E-state index contributed by atoms with van der Waals surface area (Å²) < 4.78 is 41.9. The summed E-state index contributed by atoms with van der Waals surface area (Å²) in [7, 11) is 0. The topological polar surface area (TPSA) is 61.6 Å². The molecule has 0 aliphatic carbocycles. The second-order valence-corrected chi connectivity index (χ2v) is 6.00. The van der Waals surface area contributed by atoms with Gasteiger partial charge in [-0.25, -0.2) is 13.8 Å². The maximum atomic E-state index is 12.9. The first kappa shape index (κ1) is 19.5. The average Bonchev–Trinajstić information content (AvgIpc) is 3.17. The zero-order valence-electron chi connectivity index (χ0n) is 15.1. The van der Waals surface area contributed by atoms with E-state index >= 15 is 0 Å². The van der Waals surface area contributed by atoms with Crippen LogP contribution in [-0.2, 0) is 16.0 Å². The molecule has 0 radical (unpaired) electrons. The summed E-state index contributed by atoms with van der Waals surface area (Å²) in [6.07, 6.45) is 2.52. The Hall–Kier alpha value is -3.22. The minimum atomic E-state index is -0.358. The maximum absolute atomic E-state index is 12.9. The van der Waals surface area contributed by atoms with Crippen LogP contribution in [0.25, 0.3) is 11.3 Å². The largest absolute Gasteiger partial charge is 0.493 e. The highest BCUT2D eigenvalue weighted by Crippen LogP contribution is 2.21. The lowest BCUT2D eigenvalue weighted by atomic mass is 10.2. The van der Waals surface area contributed by atoms with Crippen LogP contribution in [0.1, 0.15) is 18.7 Å². The van der Waals surface area contributed by atoms with Gasteiger partial charge in [-0.05, 0) is 48.5 Å². The zero-order chi connectivity index (χ0) is 19.8. The molecule has 3 rings (SSSR count). The molecule has 7 heteroatoms. The van der Waals surface area contributed by atoms with Gasteiger partial charge in [0.15, 0.2) is 11.7 Å². The molecule has 0 saturated carbocycles. The molecule has 0 atom stereocenters. The molecular formula is C21H19F2NO4. The summed E-state index contributed by atoms with van der Waals surface area (Å²) in [6.45, 7) is 0.589. The molecule has 0 saturated heterocycles. The van der Waals surface area contributed by atoms with Crippen LogP contribution < -0.4 is 4.74 Å². The molecule has 0 bridgehead atoms. The predicted molar refractivity (Wildman–Crippen MR) is 97.7 cm³/mol. The van der Waals surface area contributed by atoms with Crippen LogP contribution in [0.15, 0.2) is 59.1 Å². The second-order valence-electron chi connectivity index (χ2n) is 6.00. The number of esters is 1. The van der Waals surface area contributed by atoms with Gasteiger partial charge in [-0.1, -0.05) is 0 Å². The molecule has 5 nitrogen and oxygen atoms in total. The minimum absolute atomic E-state index is 0.141. The highest BCUT2D eigenvalue weighted by molar-refractivity contribution is 5.69. The molecule has 0 spiro atoms. The van der Waals surface area contributed by atoms with E-state index in [9.17, 15) is 13.6 Å². The molecule has 2 aromatic carbocycles. The summed E-state index contributed by atoms with van der Waals surface area (Å²) in [4.78, 5) is 15.9. The van der Waals surface area contributed by atoms with Crippen LogP contribution in [0.5, 0.6) is 5.75 Å². The predicted octanol–water partition coefficient (Wildman–Crippen LogP) is 4.56. The number of ether oxygens (including phenoxy) is 2. The summed E-state index contributed by atoms with van der Waals surface area (Å²) in [5.41, 5.74) is 0.712. The van der Waals surface area contributed by atoms with Crippen molar-refractivity contribution in [1.29, 1.82) is 0 Å². The molecule has 1 aromatic heterocycles. The number of aryl methyl sites for hydroxylation is 1. The van der Waals surface area contributed by atoms with E-state index in [0.29, 0.717) is 42.4 Å². The number of halogens is 2. The molecule has 0 aliphatic rings. The van der Waals surface area contributed by atoms with Gasteiger partial charge in [0.1, 0.15) is 17.4 Å². The fraction of sp³-hybridized carbons (Fsp3) is 0.238. The molecule has 3 aromatic rings. The van der Waals surface area contributed by atoms with Crippen molar-refractivity contribution in [3.8, 4) is 17.1 Å². The average molecular weight is 387 g/mol. The molecule has 146 valence electrons. The van der Waals surface area contributed by atoms with Gasteiger partial charge in [0, 0.05) is 18.4 Å². The number of aromatic nitrogens is 1. The van der Waals surface area contributed by atoms with Gasteiger partial charge in [0.05, 0.1) is 25.8 Å². The van der Waals surface area contributed by atoms with Crippen molar-refractivity contribution in [2.45, 2.75) is 19.3 Å². The van der Waals surface area contributed by atoms with Crippen LogP contribution in [0.2, 0.25) is 0 Å². The number of rotatable bonds is 9. The fourth-order valence-electron chi connectivity index (χ4n) is 2.42. The smallest absolute Gasteiger partial charge is 0.306 e. The Bertz CT molecular complexity index is 892. The third-order valence-electron chi connectivity index (χ3n) is 3.86. The van der Waals surface area contributed by atoms with E-state index in [1.165, 1.54) is 36.4 Å². The standard InChI is InChI=1S/C21H19F2NO4/c22-16-4-2-15(3-5-16)19-14-24-20(28-19)10-11-21(25)27-13-1-12-26-18-8-6-17(23)7-9-18/h2-9,14H,1,10-13H2. The van der Waals surface area contributed by atoms with Crippen molar-refractivity contribution in [3.63, 3.8) is 0 Å². The monoisotopic (exact) mass is 387 g/mol. The minimum Gasteiger partial charge on any atom is -0.493 e. The Morgan fingerprint density at radius 2 is 1.64 bits per heavy atom. The molecule has 0 fully saturated rings. The summed E-state index contributed by atoms with van der Waals surface area (Å²) in [5.74, 6) is 0.487. The van der Waals surface area contributed by atoms with Crippen molar-refractivity contribution in [1.82, 2.24) is 4.98 Å². The quantitative estimate of drug-likeness (QED) is 0.398. The van der Waals surface area contributed by atoms with E-state index in [-0.39, 0.29) is 30.6 Å². The van der Waals surface area contributed by atoms with Crippen molar-refractivity contribution in [2.24, 2.45) is 0 Å². The van der Waals surface area contributed by atoms with Gasteiger partial charge in [-0.15, -0.1) is 0 Å². The third-order valence-corrected chi connectivity index (χ3v) is 3.86. The molecular weight excluding hydrogens is 368 g/mol. The second kappa shape index (κ2) is 9.64. The lowest BCUT2D eigenvalue weighted by molar-refractivity contribution is -0.143. The van der Waals surface area contributed by atoms with Crippen molar-refractivity contribution in [2.75, 3.05) is 13.2 Å². The van der Waals surface area contributed by atoms with E-state index in [1.54, 1.807) is 18.3 Å². The highest BCUT2D eigenvalue weighted by atomic mass is 19.1. The normalized spacial score (nSPS) is 10.6. The van der Waals surface area contributed by atoms with Crippen LogP contribution in [0, 0.1) is 11.6 Å². The highest BCUT2D eigenvalue weighted by Gasteiger charge is 2.10. The first-order valence-corrected chi connectivity index (χ1v) is 8.85. The van der Waals surface area contributed by atoms with Crippen LogP contribution >= 0.6 is 0 Å². The molecule has 0 amide bonds. The SMILES string of the molecule is O=C(CCc1ncc(-c2ccc(F)cc2)o1)OCCCOc1ccc(F)cc1. The van der Waals surface area contributed by atoms with Gasteiger partial charge in [0.25, 0.3) is 0 Å². The lowest BCUT2D eigenvalue weighted by Crippen LogP contribution is -2.09.